The maximum absolute atomic E-state index is 13.2. The van der Waals surface area contributed by atoms with E-state index in [9.17, 15) is 27.6 Å². The first-order chi connectivity index (χ1) is 13.8. The standard InChI is InChI=1S/C19H9F3N2O5/c20-19(21,22)13-8-4-3-7-12(13)15-9-14(23-28-15)18(27)29-24-16(25)10-5-1-2-6-11(10)17(24)26/h1-9H. The number of hydrogen-bond donors (Lipinski definition) is 0. The number of halogens is 3. The van der Waals surface area contributed by atoms with Gasteiger partial charge >= 0.3 is 12.1 Å². The van der Waals surface area contributed by atoms with E-state index >= 15 is 0 Å². The third-order valence-corrected chi connectivity index (χ3v) is 4.15. The Hall–Kier alpha value is -3.95. The molecule has 1 aliphatic heterocycles. The fraction of sp³-hybridized carbons (Fsp3) is 0.0526. The van der Waals surface area contributed by atoms with Crippen molar-refractivity contribution in [3.8, 4) is 11.3 Å². The number of rotatable bonds is 3. The van der Waals surface area contributed by atoms with Crippen LogP contribution in [0.15, 0.2) is 59.1 Å². The fourth-order valence-electron chi connectivity index (χ4n) is 2.82. The highest BCUT2D eigenvalue weighted by Gasteiger charge is 2.39. The molecule has 1 aromatic heterocycles. The zero-order valence-corrected chi connectivity index (χ0v) is 14.3. The highest BCUT2D eigenvalue weighted by molar-refractivity contribution is 6.21. The molecule has 2 amide bonds. The summed E-state index contributed by atoms with van der Waals surface area (Å²) in [5.74, 6) is -3.25. The average Bonchev–Trinajstić information content (AvgIpc) is 3.28. The molecule has 0 atom stereocenters. The third-order valence-electron chi connectivity index (χ3n) is 4.15. The van der Waals surface area contributed by atoms with Crippen molar-refractivity contribution in [2.24, 2.45) is 0 Å². The van der Waals surface area contributed by atoms with E-state index in [0.717, 1.165) is 18.2 Å². The SMILES string of the molecule is O=C(ON1C(=O)c2ccccc2C1=O)c1cc(-c2ccccc2C(F)(F)F)on1. The molecule has 10 heteroatoms. The molecular weight excluding hydrogens is 393 g/mol. The Morgan fingerprint density at radius 3 is 2.07 bits per heavy atom. The Labute approximate surface area is 160 Å². The molecule has 7 nitrogen and oxygen atoms in total. The van der Waals surface area contributed by atoms with Crippen LogP contribution in [0.5, 0.6) is 0 Å². The second kappa shape index (κ2) is 6.59. The molecule has 2 heterocycles. The van der Waals surface area contributed by atoms with Crippen molar-refractivity contribution in [1.82, 2.24) is 10.2 Å². The zero-order valence-electron chi connectivity index (χ0n) is 14.3. The van der Waals surface area contributed by atoms with Gasteiger partial charge in [-0.15, -0.1) is 0 Å². The van der Waals surface area contributed by atoms with Gasteiger partial charge in [-0.05, 0) is 18.2 Å². The summed E-state index contributed by atoms with van der Waals surface area (Å²) in [5, 5.41) is 3.66. The second-order valence-corrected chi connectivity index (χ2v) is 5.95. The number of carbonyl (C=O) groups excluding carboxylic acids is 3. The number of hydrogen-bond acceptors (Lipinski definition) is 6. The van der Waals surface area contributed by atoms with Gasteiger partial charge in [0.15, 0.2) is 11.5 Å². The van der Waals surface area contributed by atoms with E-state index in [2.05, 4.69) is 5.16 Å². The lowest BCUT2D eigenvalue weighted by molar-refractivity contribution is -0.137. The van der Waals surface area contributed by atoms with Gasteiger partial charge in [0.1, 0.15) is 0 Å². The van der Waals surface area contributed by atoms with Crippen LogP contribution in [0.2, 0.25) is 0 Å². The van der Waals surface area contributed by atoms with Crippen LogP contribution in [0.3, 0.4) is 0 Å². The Balaban J connectivity index is 1.58. The summed E-state index contributed by atoms with van der Waals surface area (Å²) in [6, 6.07) is 11.4. The zero-order chi connectivity index (χ0) is 20.8. The number of hydroxylamine groups is 2. The van der Waals surface area contributed by atoms with Crippen LogP contribution in [0, 0.1) is 0 Å². The lowest BCUT2D eigenvalue weighted by Gasteiger charge is -2.11. The van der Waals surface area contributed by atoms with E-state index in [4.69, 9.17) is 9.36 Å². The van der Waals surface area contributed by atoms with E-state index in [-0.39, 0.29) is 27.5 Å². The maximum atomic E-state index is 13.2. The molecule has 0 unspecified atom stereocenters. The summed E-state index contributed by atoms with van der Waals surface area (Å²) in [5.41, 5.74) is -1.69. The minimum Gasteiger partial charge on any atom is -0.355 e. The lowest BCUT2D eigenvalue weighted by atomic mass is 10.0. The smallest absolute Gasteiger partial charge is 0.355 e. The van der Waals surface area contributed by atoms with Gasteiger partial charge in [-0.2, -0.15) is 13.2 Å². The Morgan fingerprint density at radius 2 is 1.48 bits per heavy atom. The molecule has 29 heavy (non-hydrogen) atoms. The van der Waals surface area contributed by atoms with Gasteiger partial charge in [-0.25, -0.2) is 4.79 Å². The van der Waals surface area contributed by atoms with Crippen LogP contribution in [-0.2, 0) is 11.0 Å². The molecule has 2 aromatic carbocycles. The molecule has 0 saturated carbocycles. The van der Waals surface area contributed by atoms with Gasteiger partial charge in [0.05, 0.1) is 16.7 Å². The van der Waals surface area contributed by atoms with E-state index < -0.39 is 35.2 Å². The molecule has 0 radical (unpaired) electrons. The van der Waals surface area contributed by atoms with E-state index in [1.165, 1.54) is 36.4 Å². The van der Waals surface area contributed by atoms with Crippen LogP contribution in [0.1, 0.15) is 36.8 Å². The molecule has 1 aliphatic rings. The van der Waals surface area contributed by atoms with Gasteiger partial charge in [0.25, 0.3) is 11.8 Å². The van der Waals surface area contributed by atoms with E-state index in [0.29, 0.717) is 0 Å². The van der Waals surface area contributed by atoms with Crippen molar-refractivity contribution in [2.45, 2.75) is 6.18 Å². The number of imide groups is 1. The molecule has 0 fully saturated rings. The van der Waals surface area contributed by atoms with Crippen LogP contribution >= 0.6 is 0 Å². The van der Waals surface area contributed by atoms with Crippen molar-refractivity contribution in [1.29, 1.82) is 0 Å². The number of carbonyl (C=O) groups is 3. The van der Waals surface area contributed by atoms with Crippen LogP contribution in [-0.4, -0.2) is 28.0 Å². The number of aromatic nitrogens is 1. The number of amides is 2. The molecule has 146 valence electrons. The predicted molar refractivity (Wildman–Crippen MR) is 89.3 cm³/mol. The molecule has 0 N–H and O–H groups in total. The second-order valence-electron chi connectivity index (χ2n) is 5.95. The van der Waals surface area contributed by atoms with Crippen LogP contribution in [0.4, 0.5) is 13.2 Å². The van der Waals surface area contributed by atoms with Gasteiger partial charge in [0.2, 0.25) is 0 Å². The molecule has 0 saturated heterocycles. The summed E-state index contributed by atoms with van der Waals surface area (Å²) in [7, 11) is 0. The predicted octanol–water partition coefficient (Wildman–Crippen LogP) is 3.73. The fourth-order valence-corrected chi connectivity index (χ4v) is 2.82. The summed E-state index contributed by atoms with van der Waals surface area (Å²) >= 11 is 0. The summed E-state index contributed by atoms with van der Waals surface area (Å²) in [6.07, 6.45) is -4.65. The number of nitrogens with zero attached hydrogens (tertiary/aromatic N) is 2. The monoisotopic (exact) mass is 402 g/mol. The lowest BCUT2D eigenvalue weighted by Crippen LogP contribution is -2.32. The Bertz CT molecular complexity index is 1120. The number of alkyl halides is 3. The van der Waals surface area contributed by atoms with Crippen molar-refractivity contribution in [2.75, 3.05) is 0 Å². The quantitative estimate of drug-likeness (QED) is 0.621. The van der Waals surface area contributed by atoms with Gasteiger partial charge in [-0.3, -0.25) is 9.59 Å². The molecule has 3 aromatic rings. The van der Waals surface area contributed by atoms with Crippen molar-refractivity contribution in [3.05, 3.63) is 77.0 Å². The molecule has 0 bridgehead atoms. The molecule has 0 aliphatic carbocycles. The van der Waals surface area contributed by atoms with Gasteiger partial charge < -0.3 is 9.36 Å². The van der Waals surface area contributed by atoms with E-state index in [1.54, 1.807) is 0 Å². The number of fused-ring (bicyclic) bond motifs is 1. The number of benzene rings is 2. The third kappa shape index (κ3) is 3.14. The van der Waals surface area contributed by atoms with Crippen LogP contribution < -0.4 is 0 Å². The highest BCUT2D eigenvalue weighted by Crippen LogP contribution is 2.37. The summed E-state index contributed by atoms with van der Waals surface area (Å²) in [6.45, 7) is 0. The van der Waals surface area contributed by atoms with Crippen LogP contribution in [0.25, 0.3) is 11.3 Å². The average molecular weight is 402 g/mol. The van der Waals surface area contributed by atoms with Crippen molar-refractivity contribution < 1.29 is 36.9 Å². The molecular formula is C19H9F3N2O5. The topological polar surface area (TPSA) is 89.7 Å². The van der Waals surface area contributed by atoms with E-state index in [1.807, 2.05) is 0 Å². The first-order valence-corrected chi connectivity index (χ1v) is 8.11. The van der Waals surface area contributed by atoms with Gasteiger partial charge in [-0.1, -0.05) is 40.6 Å². The highest BCUT2D eigenvalue weighted by atomic mass is 19.4. The molecule has 4 rings (SSSR count). The summed E-state index contributed by atoms with van der Waals surface area (Å²) < 4.78 is 44.3. The Morgan fingerprint density at radius 1 is 0.931 bits per heavy atom. The first kappa shape index (κ1) is 18.4. The van der Waals surface area contributed by atoms with Crippen molar-refractivity contribution >= 4 is 17.8 Å². The normalized spacial score (nSPS) is 13.6. The maximum Gasteiger partial charge on any atom is 0.417 e. The van der Waals surface area contributed by atoms with Gasteiger partial charge in [0, 0.05) is 11.6 Å². The minimum absolute atomic E-state index is 0.0604. The molecule has 0 spiro atoms. The Kier molecular flexibility index (Phi) is 4.18. The largest absolute Gasteiger partial charge is 0.417 e. The first-order valence-electron chi connectivity index (χ1n) is 8.11. The minimum atomic E-state index is -4.65. The summed E-state index contributed by atoms with van der Waals surface area (Å²) in [4.78, 5) is 41.5. The van der Waals surface area contributed by atoms with Crippen molar-refractivity contribution in [3.63, 3.8) is 0 Å².